The van der Waals surface area contributed by atoms with Gasteiger partial charge in [0.05, 0.1) is 24.7 Å². The second-order valence-corrected chi connectivity index (χ2v) is 3.64. The van der Waals surface area contributed by atoms with Crippen molar-refractivity contribution < 1.29 is 5.11 Å². The van der Waals surface area contributed by atoms with Crippen molar-refractivity contribution in [2.45, 2.75) is 18.6 Å². The van der Waals surface area contributed by atoms with E-state index >= 15 is 0 Å². The van der Waals surface area contributed by atoms with E-state index < -0.39 is 0 Å². The van der Waals surface area contributed by atoms with Gasteiger partial charge in [-0.2, -0.15) is 0 Å². The summed E-state index contributed by atoms with van der Waals surface area (Å²) in [6.45, 7) is 0. The van der Waals surface area contributed by atoms with Crippen LogP contribution in [0.2, 0.25) is 0 Å². The Morgan fingerprint density at radius 2 is 2.27 bits per heavy atom. The molecule has 0 bridgehead atoms. The highest BCUT2D eigenvalue weighted by Gasteiger charge is 2.20. The number of hydrogen-bond donors (Lipinski definition) is 1. The fourth-order valence-electron chi connectivity index (χ4n) is 1.89. The van der Waals surface area contributed by atoms with Crippen molar-refractivity contribution >= 4 is 11.2 Å². The molecule has 0 spiro atoms. The minimum Gasteiger partial charge on any atom is -0.389 e. The Morgan fingerprint density at radius 1 is 1.33 bits per heavy atom. The molecule has 0 amide bonds. The van der Waals surface area contributed by atoms with Crippen molar-refractivity contribution in [2.24, 2.45) is 0 Å². The Morgan fingerprint density at radius 3 is 3.07 bits per heavy atom. The zero-order chi connectivity index (χ0) is 10.3. The third-order valence-electron chi connectivity index (χ3n) is 2.63. The maximum Gasteiger partial charge on any atom is 0.163 e. The van der Waals surface area contributed by atoms with Crippen molar-refractivity contribution in [2.75, 3.05) is 0 Å². The molecule has 0 aromatic carbocycles. The van der Waals surface area contributed by atoms with Crippen LogP contribution < -0.4 is 0 Å². The second-order valence-electron chi connectivity index (χ2n) is 3.64. The average Bonchev–Trinajstić information content (AvgIpc) is 2.83. The van der Waals surface area contributed by atoms with Gasteiger partial charge in [0.25, 0.3) is 0 Å². The monoisotopic (exact) mass is 202 g/mol. The Bertz CT molecular complexity index is 519. The van der Waals surface area contributed by atoms with E-state index in [-0.39, 0.29) is 12.1 Å². The molecule has 2 aromatic heterocycles. The topological polar surface area (TPSA) is 63.8 Å². The zero-order valence-electron chi connectivity index (χ0n) is 7.98. The summed E-state index contributed by atoms with van der Waals surface area (Å²) >= 11 is 0. The van der Waals surface area contributed by atoms with Gasteiger partial charge in [-0.3, -0.25) is 0 Å². The summed E-state index contributed by atoms with van der Waals surface area (Å²) in [5.74, 6) is 0. The summed E-state index contributed by atoms with van der Waals surface area (Å²) in [5.41, 5.74) is 1.60. The third kappa shape index (κ3) is 1.32. The number of hydrogen-bond acceptors (Lipinski definition) is 4. The van der Waals surface area contributed by atoms with E-state index in [0.29, 0.717) is 6.42 Å². The van der Waals surface area contributed by atoms with E-state index in [9.17, 15) is 5.11 Å². The SMILES string of the molecule is O[C@@H]1C=C[C@H](n2cnc3cncnc32)C1. The van der Waals surface area contributed by atoms with Crippen molar-refractivity contribution in [1.82, 2.24) is 19.5 Å². The van der Waals surface area contributed by atoms with Gasteiger partial charge in [0, 0.05) is 6.42 Å². The highest BCUT2D eigenvalue weighted by molar-refractivity contribution is 5.69. The molecule has 2 aromatic rings. The van der Waals surface area contributed by atoms with Crippen LogP contribution in [0.5, 0.6) is 0 Å². The lowest BCUT2D eigenvalue weighted by Crippen LogP contribution is -2.07. The van der Waals surface area contributed by atoms with Gasteiger partial charge in [0.15, 0.2) is 5.65 Å². The van der Waals surface area contributed by atoms with E-state index in [2.05, 4.69) is 15.0 Å². The average molecular weight is 202 g/mol. The number of allylic oxidation sites excluding steroid dienone is 1. The van der Waals surface area contributed by atoms with Crippen molar-refractivity contribution in [3.63, 3.8) is 0 Å². The maximum absolute atomic E-state index is 9.42. The van der Waals surface area contributed by atoms with Crippen LogP contribution in [-0.2, 0) is 0 Å². The third-order valence-corrected chi connectivity index (χ3v) is 2.63. The molecule has 1 N–H and O–H groups in total. The molecule has 76 valence electrons. The standard InChI is InChI=1S/C10H10N4O/c15-8-2-1-7(3-8)14-6-13-9-4-11-5-12-10(9)14/h1-2,4-8,15H,3H2/t7-,8+/m0/s1. The van der Waals surface area contributed by atoms with Crippen LogP contribution in [0.15, 0.2) is 31.0 Å². The van der Waals surface area contributed by atoms with E-state index in [0.717, 1.165) is 11.2 Å². The molecule has 0 aliphatic heterocycles. The summed E-state index contributed by atoms with van der Waals surface area (Å²) in [4.78, 5) is 12.3. The van der Waals surface area contributed by atoms with Gasteiger partial charge in [-0.25, -0.2) is 15.0 Å². The number of nitrogens with zero attached hydrogens (tertiary/aromatic N) is 4. The van der Waals surface area contributed by atoms with Crippen LogP contribution in [-0.4, -0.2) is 30.7 Å². The summed E-state index contributed by atoms with van der Waals surface area (Å²) < 4.78 is 1.96. The first-order valence-electron chi connectivity index (χ1n) is 4.83. The Kier molecular flexibility index (Phi) is 1.78. The highest BCUT2D eigenvalue weighted by atomic mass is 16.3. The number of aliphatic hydroxyl groups excluding tert-OH is 1. The first kappa shape index (κ1) is 8.55. The Hall–Kier alpha value is -1.75. The van der Waals surface area contributed by atoms with Gasteiger partial charge in [0.2, 0.25) is 0 Å². The molecule has 0 saturated carbocycles. The first-order chi connectivity index (χ1) is 7.34. The molecule has 0 radical (unpaired) electrons. The number of fused-ring (bicyclic) bond motifs is 1. The van der Waals surface area contributed by atoms with Crippen LogP contribution in [0.3, 0.4) is 0 Å². The van der Waals surface area contributed by atoms with Gasteiger partial charge in [0.1, 0.15) is 11.8 Å². The fourth-order valence-corrected chi connectivity index (χ4v) is 1.89. The molecular formula is C10H10N4O. The lowest BCUT2D eigenvalue weighted by atomic mass is 10.2. The van der Waals surface area contributed by atoms with Gasteiger partial charge < -0.3 is 9.67 Å². The molecule has 1 aliphatic carbocycles. The second kappa shape index (κ2) is 3.13. The molecule has 2 heterocycles. The zero-order valence-corrected chi connectivity index (χ0v) is 7.98. The van der Waals surface area contributed by atoms with Crippen molar-refractivity contribution in [1.29, 1.82) is 0 Å². The summed E-state index contributed by atoms with van der Waals surface area (Å²) in [6.07, 6.45) is 9.06. The van der Waals surface area contributed by atoms with Gasteiger partial charge in [-0.05, 0) is 0 Å². The van der Waals surface area contributed by atoms with Crippen LogP contribution in [0.1, 0.15) is 12.5 Å². The molecule has 0 saturated heterocycles. The van der Waals surface area contributed by atoms with E-state index in [1.165, 1.54) is 6.33 Å². The minimum atomic E-state index is -0.353. The van der Waals surface area contributed by atoms with Crippen LogP contribution in [0.4, 0.5) is 0 Å². The van der Waals surface area contributed by atoms with E-state index in [1.807, 2.05) is 10.6 Å². The molecule has 5 nitrogen and oxygen atoms in total. The van der Waals surface area contributed by atoms with Crippen LogP contribution in [0.25, 0.3) is 11.2 Å². The predicted molar refractivity (Wildman–Crippen MR) is 54.1 cm³/mol. The van der Waals surface area contributed by atoms with Crippen molar-refractivity contribution in [3.8, 4) is 0 Å². The van der Waals surface area contributed by atoms with E-state index in [1.54, 1.807) is 18.6 Å². The smallest absolute Gasteiger partial charge is 0.163 e. The Balaban J connectivity index is 2.08. The minimum absolute atomic E-state index is 0.153. The van der Waals surface area contributed by atoms with Gasteiger partial charge in [-0.15, -0.1) is 0 Å². The number of rotatable bonds is 1. The largest absolute Gasteiger partial charge is 0.389 e. The molecule has 5 heteroatoms. The van der Waals surface area contributed by atoms with Crippen molar-refractivity contribution in [3.05, 3.63) is 31.0 Å². The molecule has 15 heavy (non-hydrogen) atoms. The number of imidazole rings is 1. The summed E-state index contributed by atoms with van der Waals surface area (Å²) in [6, 6.07) is 0.153. The lowest BCUT2D eigenvalue weighted by molar-refractivity contribution is 0.211. The van der Waals surface area contributed by atoms with E-state index in [4.69, 9.17) is 0 Å². The summed E-state index contributed by atoms with van der Waals surface area (Å²) in [5, 5.41) is 9.42. The van der Waals surface area contributed by atoms with Gasteiger partial charge >= 0.3 is 0 Å². The van der Waals surface area contributed by atoms with Gasteiger partial charge in [-0.1, -0.05) is 12.2 Å². The summed E-state index contributed by atoms with van der Waals surface area (Å²) in [7, 11) is 0. The quantitative estimate of drug-likeness (QED) is 0.691. The molecule has 3 rings (SSSR count). The molecule has 1 aliphatic rings. The van der Waals surface area contributed by atoms with Crippen LogP contribution >= 0.6 is 0 Å². The normalized spacial score (nSPS) is 25.1. The molecule has 2 atom stereocenters. The predicted octanol–water partition coefficient (Wildman–Crippen LogP) is 0.688. The fraction of sp³-hybridized carbons (Fsp3) is 0.300. The number of aliphatic hydroxyl groups is 1. The molecule has 0 unspecified atom stereocenters. The molecular weight excluding hydrogens is 192 g/mol. The maximum atomic E-state index is 9.42. The highest BCUT2D eigenvalue weighted by Crippen LogP contribution is 2.25. The Labute approximate surface area is 86.1 Å². The number of aromatic nitrogens is 4. The lowest BCUT2D eigenvalue weighted by Gasteiger charge is -2.10. The van der Waals surface area contributed by atoms with Crippen LogP contribution in [0, 0.1) is 0 Å². The molecule has 0 fully saturated rings. The first-order valence-corrected chi connectivity index (χ1v) is 4.83.